The van der Waals surface area contributed by atoms with Crippen molar-refractivity contribution in [2.24, 2.45) is 0 Å². The lowest BCUT2D eigenvalue weighted by Gasteiger charge is -2.34. The molecule has 0 spiro atoms. The van der Waals surface area contributed by atoms with Crippen molar-refractivity contribution >= 4 is 12.0 Å². The maximum atomic E-state index is 12.1. The van der Waals surface area contributed by atoms with Crippen LogP contribution in [0.5, 0.6) is 0 Å². The molecule has 1 unspecified atom stereocenters. The monoisotopic (exact) mass is 244 g/mol. The van der Waals surface area contributed by atoms with Gasteiger partial charge in [0, 0.05) is 19.6 Å². The van der Waals surface area contributed by atoms with Gasteiger partial charge in [-0.3, -0.25) is 0 Å². The molecule has 1 N–H and O–H groups in total. The highest BCUT2D eigenvalue weighted by molar-refractivity contribution is 5.77. The summed E-state index contributed by atoms with van der Waals surface area (Å²) in [6.45, 7) is 6.15. The average molecular weight is 244 g/mol. The molecule has 1 heterocycles. The quantitative estimate of drug-likeness (QED) is 0.787. The van der Waals surface area contributed by atoms with E-state index >= 15 is 0 Å². The zero-order chi connectivity index (χ0) is 12.8. The molecule has 0 aromatic carbocycles. The van der Waals surface area contributed by atoms with E-state index in [1.54, 1.807) is 9.80 Å². The van der Waals surface area contributed by atoms with E-state index in [1.807, 2.05) is 13.8 Å². The molecule has 6 heteroatoms. The summed E-state index contributed by atoms with van der Waals surface area (Å²) in [6, 6.07) is -0.0936. The molecule has 0 aliphatic carbocycles. The SMILES string of the molecule is CCCN(CC)C(=O)N1CCOC(C(=O)O)C1. The summed E-state index contributed by atoms with van der Waals surface area (Å²) in [6.07, 6.45) is -0.000222. The number of nitrogens with zero attached hydrogens (tertiary/aromatic N) is 2. The van der Waals surface area contributed by atoms with Crippen molar-refractivity contribution in [3.8, 4) is 0 Å². The summed E-state index contributed by atoms with van der Waals surface area (Å²) in [5, 5.41) is 8.86. The van der Waals surface area contributed by atoms with Crippen molar-refractivity contribution in [2.75, 3.05) is 32.8 Å². The van der Waals surface area contributed by atoms with Crippen molar-refractivity contribution in [3.05, 3.63) is 0 Å². The van der Waals surface area contributed by atoms with Crippen LogP contribution >= 0.6 is 0 Å². The molecule has 17 heavy (non-hydrogen) atoms. The Morgan fingerprint density at radius 2 is 2.18 bits per heavy atom. The number of carboxylic acids is 1. The van der Waals surface area contributed by atoms with Crippen LogP contribution in [-0.4, -0.2) is 65.8 Å². The topological polar surface area (TPSA) is 70.1 Å². The minimum Gasteiger partial charge on any atom is -0.479 e. The Morgan fingerprint density at radius 1 is 1.47 bits per heavy atom. The first kappa shape index (κ1) is 13.8. The Kier molecular flexibility index (Phi) is 5.21. The molecular formula is C11H20N2O4. The summed E-state index contributed by atoms with van der Waals surface area (Å²) in [4.78, 5) is 26.2. The Bertz CT molecular complexity index is 283. The normalized spacial score (nSPS) is 20.1. The minimum absolute atomic E-state index is 0.0936. The standard InChI is InChI=1S/C11H20N2O4/c1-3-5-12(4-2)11(16)13-6-7-17-9(8-13)10(14)15/h9H,3-8H2,1-2H3,(H,14,15). The number of carboxylic acid groups (broad SMARTS) is 1. The number of rotatable bonds is 4. The first-order valence-corrected chi connectivity index (χ1v) is 5.98. The fraction of sp³-hybridized carbons (Fsp3) is 0.818. The highest BCUT2D eigenvalue weighted by Crippen LogP contribution is 2.09. The number of aliphatic carboxylic acids is 1. The van der Waals surface area contributed by atoms with Crippen LogP contribution in [-0.2, 0) is 9.53 Å². The minimum atomic E-state index is -1.01. The largest absolute Gasteiger partial charge is 0.479 e. The van der Waals surface area contributed by atoms with Gasteiger partial charge in [-0.25, -0.2) is 9.59 Å². The predicted molar refractivity (Wildman–Crippen MR) is 61.9 cm³/mol. The van der Waals surface area contributed by atoms with E-state index in [1.165, 1.54) is 0 Å². The van der Waals surface area contributed by atoms with Crippen LogP contribution < -0.4 is 0 Å². The molecule has 1 aliphatic rings. The van der Waals surface area contributed by atoms with Gasteiger partial charge >= 0.3 is 12.0 Å². The lowest BCUT2D eigenvalue weighted by atomic mass is 10.3. The van der Waals surface area contributed by atoms with E-state index in [0.717, 1.165) is 6.42 Å². The van der Waals surface area contributed by atoms with Gasteiger partial charge in [0.1, 0.15) is 0 Å². The lowest BCUT2D eigenvalue weighted by molar-refractivity contribution is -0.154. The van der Waals surface area contributed by atoms with E-state index in [9.17, 15) is 9.59 Å². The smallest absolute Gasteiger partial charge is 0.334 e. The molecule has 0 bridgehead atoms. The van der Waals surface area contributed by atoms with Crippen molar-refractivity contribution < 1.29 is 19.4 Å². The van der Waals surface area contributed by atoms with Gasteiger partial charge in [0.2, 0.25) is 0 Å². The summed E-state index contributed by atoms with van der Waals surface area (Å²) >= 11 is 0. The third kappa shape index (κ3) is 3.59. The number of hydrogen-bond acceptors (Lipinski definition) is 3. The van der Waals surface area contributed by atoms with Crippen LogP contribution in [0.15, 0.2) is 0 Å². The number of hydrogen-bond donors (Lipinski definition) is 1. The molecule has 1 atom stereocenters. The fourth-order valence-corrected chi connectivity index (χ4v) is 1.83. The van der Waals surface area contributed by atoms with E-state index in [2.05, 4.69) is 0 Å². The summed E-state index contributed by atoms with van der Waals surface area (Å²) < 4.78 is 5.08. The molecule has 1 aliphatic heterocycles. The van der Waals surface area contributed by atoms with Crippen molar-refractivity contribution in [1.82, 2.24) is 9.80 Å². The van der Waals surface area contributed by atoms with E-state index in [-0.39, 0.29) is 19.2 Å². The summed E-state index contributed by atoms with van der Waals surface area (Å²) in [5.74, 6) is -1.01. The molecule has 0 saturated carbocycles. The number of urea groups is 1. The van der Waals surface area contributed by atoms with E-state index in [4.69, 9.17) is 9.84 Å². The van der Waals surface area contributed by atoms with Crippen LogP contribution in [0, 0.1) is 0 Å². The number of ether oxygens (including phenoxy) is 1. The Hall–Kier alpha value is -1.30. The maximum absolute atomic E-state index is 12.1. The molecule has 1 saturated heterocycles. The first-order chi connectivity index (χ1) is 8.10. The average Bonchev–Trinajstić information content (AvgIpc) is 2.35. The second-order valence-electron chi connectivity index (χ2n) is 4.01. The predicted octanol–water partition coefficient (Wildman–Crippen LogP) is 0.624. The van der Waals surface area contributed by atoms with Gasteiger partial charge in [0.25, 0.3) is 0 Å². The zero-order valence-corrected chi connectivity index (χ0v) is 10.4. The second-order valence-corrected chi connectivity index (χ2v) is 4.01. The van der Waals surface area contributed by atoms with Crippen LogP contribution in [0.2, 0.25) is 0 Å². The molecule has 0 aromatic rings. The molecule has 1 rings (SSSR count). The first-order valence-electron chi connectivity index (χ1n) is 5.98. The zero-order valence-electron chi connectivity index (χ0n) is 10.4. The maximum Gasteiger partial charge on any atom is 0.334 e. The van der Waals surface area contributed by atoms with Gasteiger partial charge in [-0.05, 0) is 13.3 Å². The molecule has 0 radical (unpaired) electrons. The number of carbonyl (C=O) groups excluding carboxylic acids is 1. The van der Waals surface area contributed by atoms with Crippen molar-refractivity contribution in [2.45, 2.75) is 26.4 Å². The van der Waals surface area contributed by atoms with Gasteiger partial charge < -0.3 is 19.6 Å². The summed E-state index contributed by atoms with van der Waals surface area (Å²) in [7, 11) is 0. The van der Waals surface area contributed by atoms with Gasteiger partial charge in [0.15, 0.2) is 6.10 Å². The van der Waals surface area contributed by atoms with E-state index in [0.29, 0.717) is 19.6 Å². The van der Waals surface area contributed by atoms with Gasteiger partial charge in [-0.2, -0.15) is 0 Å². The third-order valence-electron chi connectivity index (χ3n) is 2.76. The Balaban J connectivity index is 2.58. The number of amides is 2. The third-order valence-corrected chi connectivity index (χ3v) is 2.76. The number of carbonyl (C=O) groups is 2. The fourth-order valence-electron chi connectivity index (χ4n) is 1.83. The molecule has 6 nitrogen and oxygen atoms in total. The van der Waals surface area contributed by atoms with Crippen molar-refractivity contribution in [1.29, 1.82) is 0 Å². The molecule has 2 amide bonds. The van der Waals surface area contributed by atoms with Gasteiger partial charge in [-0.1, -0.05) is 6.92 Å². The van der Waals surface area contributed by atoms with Crippen LogP contribution in [0.3, 0.4) is 0 Å². The van der Waals surface area contributed by atoms with Gasteiger partial charge in [0.05, 0.1) is 13.2 Å². The Morgan fingerprint density at radius 3 is 2.71 bits per heavy atom. The number of morpholine rings is 1. The van der Waals surface area contributed by atoms with E-state index < -0.39 is 12.1 Å². The molecule has 0 aromatic heterocycles. The highest BCUT2D eigenvalue weighted by atomic mass is 16.5. The second kappa shape index (κ2) is 6.44. The lowest BCUT2D eigenvalue weighted by Crippen LogP contribution is -2.53. The molecule has 98 valence electrons. The summed E-state index contributed by atoms with van der Waals surface area (Å²) in [5.41, 5.74) is 0. The van der Waals surface area contributed by atoms with Gasteiger partial charge in [-0.15, -0.1) is 0 Å². The Labute approximate surface area is 101 Å². The van der Waals surface area contributed by atoms with Crippen LogP contribution in [0.1, 0.15) is 20.3 Å². The highest BCUT2D eigenvalue weighted by Gasteiger charge is 2.30. The van der Waals surface area contributed by atoms with Crippen LogP contribution in [0.25, 0.3) is 0 Å². The van der Waals surface area contributed by atoms with Crippen molar-refractivity contribution in [3.63, 3.8) is 0 Å². The molecular weight excluding hydrogens is 224 g/mol. The molecule has 1 fully saturated rings. The van der Waals surface area contributed by atoms with Crippen LogP contribution in [0.4, 0.5) is 4.79 Å².